The van der Waals surface area contributed by atoms with Gasteiger partial charge in [-0.15, -0.1) is 0 Å². The molecule has 0 fully saturated rings. The highest BCUT2D eigenvalue weighted by Gasteiger charge is 2.40. The molecular weight excluding hydrogens is 410 g/mol. The number of anilines is 3. The Bertz CT molecular complexity index is 1270. The number of hydrogen-bond acceptors (Lipinski definition) is 4. The molecule has 0 saturated heterocycles. The van der Waals surface area contributed by atoms with E-state index in [9.17, 15) is 9.59 Å². The van der Waals surface area contributed by atoms with Crippen molar-refractivity contribution in [1.29, 1.82) is 0 Å². The highest BCUT2D eigenvalue weighted by Crippen LogP contribution is 2.35. The van der Waals surface area contributed by atoms with Gasteiger partial charge in [0.15, 0.2) is 0 Å². The van der Waals surface area contributed by atoms with Crippen LogP contribution in [-0.2, 0) is 9.59 Å². The van der Waals surface area contributed by atoms with Crippen molar-refractivity contribution >= 4 is 34.4 Å². The normalized spacial score (nSPS) is 13.7. The molecule has 1 heterocycles. The van der Waals surface area contributed by atoms with Crippen LogP contribution in [-0.4, -0.2) is 25.9 Å². The second-order valence-corrected chi connectivity index (χ2v) is 8.91. The molecule has 0 aliphatic carbocycles. The fourth-order valence-electron chi connectivity index (χ4n) is 4.11. The Balaban J connectivity index is 1.82. The lowest BCUT2D eigenvalue weighted by Gasteiger charge is -2.17. The summed E-state index contributed by atoms with van der Waals surface area (Å²) in [4.78, 5) is 30.6. The van der Waals surface area contributed by atoms with E-state index in [-0.39, 0.29) is 11.8 Å². The molecule has 5 nitrogen and oxygen atoms in total. The summed E-state index contributed by atoms with van der Waals surface area (Å²) in [6.07, 6.45) is 0. The summed E-state index contributed by atoms with van der Waals surface area (Å²) in [5.41, 5.74) is 8.00. The number of rotatable bonds is 5. The molecule has 0 bridgehead atoms. The zero-order chi connectivity index (χ0) is 23.9. The molecule has 1 aliphatic heterocycles. The van der Waals surface area contributed by atoms with E-state index in [4.69, 9.17) is 0 Å². The van der Waals surface area contributed by atoms with E-state index in [0.717, 1.165) is 39.2 Å². The van der Waals surface area contributed by atoms with Crippen LogP contribution >= 0.6 is 0 Å². The van der Waals surface area contributed by atoms with Crippen LogP contribution in [0.1, 0.15) is 27.8 Å². The number of amides is 2. The number of hydrogen-bond donors (Lipinski definition) is 1. The van der Waals surface area contributed by atoms with E-state index in [2.05, 4.69) is 5.32 Å². The van der Waals surface area contributed by atoms with Gasteiger partial charge in [0.25, 0.3) is 11.8 Å². The van der Waals surface area contributed by atoms with Crippen molar-refractivity contribution in [3.8, 4) is 0 Å². The third-order valence-corrected chi connectivity index (χ3v) is 6.00. The fourth-order valence-corrected chi connectivity index (χ4v) is 4.11. The highest BCUT2D eigenvalue weighted by atomic mass is 16.2. The number of nitrogens with one attached hydrogen (secondary N) is 1. The molecule has 5 heteroatoms. The largest absolute Gasteiger partial charge is 0.378 e. The molecule has 168 valence electrons. The minimum atomic E-state index is -0.352. The summed E-state index contributed by atoms with van der Waals surface area (Å²) in [7, 11) is 3.95. The maximum atomic E-state index is 13.7. The van der Waals surface area contributed by atoms with E-state index in [1.807, 2.05) is 107 Å². The SMILES string of the molecule is Cc1cc(C)cc(N2C(=O)C(Nc3ccc(N(C)C)cc3)=C(c3ccc(C)c(C)c3)C2=O)c1. The first-order chi connectivity index (χ1) is 15.7. The zero-order valence-electron chi connectivity index (χ0n) is 20.0. The zero-order valence-corrected chi connectivity index (χ0v) is 20.0. The van der Waals surface area contributed by atoms with Gasteiger partial charge < -0.3 is 10.2 Å². The lowest BCUT2D eigenvalue weighted by molar-refractivity contribution is -0.120. The van der Waals surface area contributed by atoms with E-state index in [1.54, 1.807) is 0 Å². The number of carbonyl (C=O) groups is 2. The van der Waals surface area contributed by atoms with Crippen molar-refractivity contribution in [2.75, 3.05) is 29.2 Å². The van der Waals surface area contributed by atoms with Gasteiger partial charge in [-0.3, -0.25) is 9.59 Å². The summed E-state index contributed by atoms with van der Waals surface area (Å²) in [5.74, 6) is -0.671. The molecule has 0 atom stereocenters. The quantitative estimate of drug-likeness (QED) is 0.542. The Morgan fingerprint density at radius 1 is 0.727 bits per heavy atom. The third-order valence-electron chi connectivity index (χ3n) is 6.00. The number of nitrogens with zero attached hydrogens (tertiary/aromatic N) is 2. The van der Waals surface area contributed by atoms with Crippen LogP contribution in [0.4, 0.5) is 17.1 Å². The van der Waals surface area contributed by atoms with Crippen molar-refractivity contribution in [3.63, 3.8) is 0 Å². The van der Waals surface area contributed by atoms with Crippen molar-refractivity contribution in [2.24, 2.45) is 0 Å². The third kappa shape index (κ3) is 4.27. The Labute approximate surface area is 195 Å². The van der Waals surface area contributed by atoms with Crippen molar-refractivity contribution in [1.82, 2.24) is 0 Å². The monoisotopic (exact) mass is 439 g/mol. The Morgan fingerprint density at radius 2 is 1.36 bits per heavy atom. The van der Waals surface area contributed by atoms with E-state index < -0.39 is 0 Å². The Morgan fingerprint density at radius 3 is 1.94 bits per heavy atom. The average Bonchev–Trinajstić information content (AvgIpc) is 2.99. The van der Waals surface area contributed by atoms with Crippen LogP contribution < -0.4 is 15.1 Å². The predicted molar refractivity (Wildman–Crippen MR) is 136 cm³/mol. The number of carbonyl (C=O) groups excluding carboxylic acids is 2. The second-order valence-electron chi connectivity index (χ2n) is 8.91. The van der Waals surface area contributed by atoms with Crippen LogP contribution in [0.5, 0.6) is 0 Å². The summed E-state index contributed by atoms with van der Waals surface area (Å²) in [6.45, 7) is 7.97. The summed E-state index contributed by atoms with van der Waals surface area (Å²) < 4.78 is 0. The predicted octanol–water partition coefficient (Wildman–Crippen LogP) is 5.38. The molecule has 3 aromatic rings. The van der Waals surface area contributed by atoms with Crippen molar-refractivity contribution < 1.29 is 9.59 Å². The van der Waals surface area contributed by atoms with Crippen molar-refractivity contribution in [2.45, 2.75) is 27.7 Å². The first kappa shape index (κ1) is 22.3. The Hall–Kier alpha value is -3.86. The minimum absolute atomic E-state index is 0.292. The van der Waals surface area contributed by atoms with Crippen LogP contribution in [0.3, 0.4) is 0 Å². The molecular formula is C28H29N3O2. The van der Waals surface area contributed by atoms with Crippen LogP contribution in [0.25, 0.3) is 5.57 Å². The van der Waals surface area contributed by atoms with Gasteiger partial charge in [0.2, 0.25) is 0 Å². The molecule has 4 rings (SSSR count). The van der Waals surface area contributed by atoms with Crippen LogP contribution in [0.15, 0.2) is 66.4 Å². The fraction of sp³-hybridized carbons (Fsp3) is 0.214. The van der Waals surface area contributed by atoms with E-state index in [1.165, 1.54) is 4.90 Å². The Kier molecular flexibility index (Phi) is 5.81. The lowest BCUT2D eigenvalue weighted by atomic mass is 9.99. The van der Waals surface area contributed by atoms with Gasteiger partial charge >= 0.3 is 0 Å². The number of aryl methyl sites for hydroxylation is 4. The number of benzene rings is 3. The summed E-state index contributed by atoms with van der Waals surface area (Å²) in [5, 5.41) is 3.25. The standard InChI is InChI=1S/C28H29N3O2/c1-17-13-18(2)15-24(14-17)31-27(32)25(21-8-7-19(3)20(4)16-21)26(28(31)33)29-22-9-11-23(12-10-22)30(5)6/h7-16,29H,1-6H3. The minimum Gasteiger partial charge on any atom is -0.378 e. The van der Waals surface area contributed by atoms with Gasteiger partial charge in [-0.05, 0) is 91.9 Å². The summed E-state index contributed by atoms with van der Waals surface area (Å²) in [6, 6.07) is 19.4. The smallest absolute Gasteiger partial charge is 0.282 e. The first-order valence-corrected chi connectivity index (χ1v) is 11.0. The van der Waals surface area contributed by atoms with Crippen molar-refractivity contribution in [3.05, 3.63) is 94.2 Å². The molecule has 0 spiro atoms. The molecule has 1 aliphatic rings. The highest BCUT2D eigenvalue weighted by molar-refractivity contribution is 6.46. The second kappa shape index (κ2) is 8.58. The maximum absolute atomic E-state index is 13.7. The summed E-state index contributed by atoms with van der Waals surface area (Å²) >= 11 is 0. The average molecular weight is 440 g/mol. The first-order valence-electron chi connectivity index (χ1n) is 11.0. The molecule has 0 unspecified atom stereocenters. The van der Waals surface area contributed by atoms with Gasteiger partial charge in [0.05, 0.1) is 11.3 Å². The van der Waals surface area contributed by atoms with Crippen LogP contribution in [0, 0.1) is 27.7 Å². The van der Waals surface area contributed by atoms with Crippen LogP contribution in [0.2, 0.25) is 0 Å². The molecule has 1 N–H and O–H groups in total. The topological polar surface area (TPSA) is 52.7 Å². The molecule has 33 heavy (non-hydrogen) atoms. The maximum Gasteiger partial charge on any atom is 0.282 e. The molecule has 3 aromatic carbocycles. The lowest BCUT2D eigenvalue weighted by Crippen LogP contribution is -2.32. The van der Waals surface area contributed by atoms with E-state index >= 15 is 0 Å². The van der Waals surface area contributed by atoms with Gasteiger partial charge in [-0.25, -0.2) is 4.90 Å². The van der Waals surface area contributed by atoms with Gasteiger partial charge in [-0.2, -0.15) is 0 Å². The van der Waals surface area contributed by atoms with Gasteiger partial charge in [0, 0.05) is 25.5 Å². The molecule has 0 aromatic heterocycles. The van der Waals surface area contributed by atoms with Gasteiger partial charge in [-0.1, -0.05) is 24.3 Å². The number of imide groups is 1. The molecule has 0 radical (unpaired) electrons. The van der Waals surface area contributed by atoms with E-state index in [0.29, 0.717) is 17.0 Å². The molecule has 0 saturated carbocycles. The van der Waals surface area contributed by atoms with Gasteiger partial charge in [0.1, 0.15) is 5.70 Å². The molecule has 2 amide bonds.